The maximum absolute atomic E-state index is 12.7. The lowest BCUT2D eigenvalue weighted by atomic mass is 10.1. The van der Waals surface area contributed by atoms with Crippen molar-refractivity contribution in [2.24, 2.45) is 10.7 Å². The van der Waals surface area contributed by atoms with Gasteiger partial charge in [0, 0.05) is 31.7 Å². The van der Waals surface area contributed by atoms with Crippen molar-refractivity contribution >= 4 is 34.9 Å². The summed E-state index contributed by atoms with van der Waals surface area (Å²) in [6.45, 7) is 0.807. The molecular formula is C17H26N7O3S. The van der Waals surface area contributed by atoms with Crippen molar-refractivity contribution in [2.45, 2.75) is 37.8 Å². The van der Waals surface area contributed by atoms with Crippen molar-refractivity contribution in [1.29, 1.82) is 0 Å². The molecular weight excluding hydrogens is 382 g/mol. The number of ketones is 1. The molecule has 1 saturated heterocycles. The second-order valence-corrected chi connectivity index (χ2v) is 7.35. The quantitative estimate of drug-likeness (QED) is 0.215. The molecule has 2 amide bonds. The van der Waals surface area contributed by atoms with E-state index in [2.05, 4.69) is 20.6 Å². The number of amides is 2. The van der Waals surface area contributed by atoms with Crippen LogP contribution in [0.15, 0.2) is 16.6 Å². The van der Waals surface area contributed by atoms with Gasteiger partial charge >= 0.3 is 0 Å². The van der Waals surface area contributed by atoms with Gasteiger partial charge in [-0.1, -0.05) is 0 Å². The van der Waals surface area contributed by atoms with Crippen molar-refractivity contribution in [3.8, 4) is 0 Å². The first kappa shape index (κ1) is 21.8. The van der Waals surface area contributed by atoms with Crippen LogP contribution in [0.25, 0.3) is 0 Å². The molecule has 2 atom stereocenters. The molecule has 11 heteroatoms. The number of piperidine rings is 1. The van der Waals surface area contributed by atoms with Crippen molar-refractivity contribution in [1.82, 2.24) is 26.3 Å². The fourth-order valence-corrected chi connectivity index (χ4v) is 3.51. The highest BCUT2D eigenvalue weighted by molar-refractivity contribution is 7.11. The van der Waals surface area contributed by atoms with Crippen molar-refractivity contribution in [3.63, 3.8) is 0 Å². The van der Waals surface area contributed by atoms with Crippen LogP contribution in [0, 0.1) is 0 Å². The first-order valence-corrected chi connectivity index (χ1v) is 9.99. The Bertz CT molecular complexity index is 708. The van der Waals surface area contributed by atoms with E-state index in [1.165, 1.54) is 22.4 Å². The van der Waals surface area contributed by atoms with Crippen LogP contribution < -0.4 is 22.1 Å². The molecule has 10 nitrogen and oxygen atoms in total. The summed E-state index contributed by atoms with van der Waals surface area (Å²) in [5.41, 5.74) is 13.3. The summed E-state index contributed by atoms with van der Waals surface area (Å²) >= 11 is 1.21. The molecule has 0 aromatic carbocycles. The molecule has 0 spiro atoms. The van der Waals surface area contributed by atoms with Crippen LogP contribution in [0.2, 0.25) is 0 Å². The smallest absolute Gasteiger partial charge is 0.241 e. The Balaban J connectivity index is 1.94. The summed E-state index contributed by atoms with van der Waals surface area (Å²) in [6, 6.07) is -1.56. The van der Waals surface area contributed by atoms with Crippen molar-refractivity contribution in [2.75, 3.05) is 26.7 Å². The van der Waals surface area contributed by atoms with Crippen LogP contribution in [0.4, 0.5) is 0 Å². The van der Waals surface area contributed by atoms with Gasteiger partial charge in [-0.05, 0) is 25.7 Å². The lowest BCUT2D eigenvalue weighted by Gasteiger charge is -2.30. The standard InChI is InChI=1S/C17H26N7O3S/c1-20-17(19)22-6-2-5-12(14(26)15-21-7-9-28-15)23-13(25)10-24-8-3-4-11(18)16(24)27/h7,9,11-12,18H,2-6,8,10H2,1H3,(H,23,25)(H3,19,20,22)/t11-,12-/m0/s1. The number of hydrogen-bond acceptors (Lipinski definition) is 6. The largest absolute Gasteiger partial charge is 0.370 e. The number of aliphatic imine (C=N–C) groups is 1. The molecule has 1 radical (unpaired) electrons. The number of likely N-dealkylation sites (tertiary alicyclic amines) is 1. The monoisotopic (exact) mass is 408 g/mol. The van der Waals surface area contributed by atoms with Crippen LogP contribution in [-0.2, 0) is 9.59 Å². The molecule has 28 heavy (non-hydrogen) atoms. The normalized spacial score (nSPS) is 18.6. The number of rotatable bonds is 9. The van der Waals surface area contributed by atoms with Gasteiger partial charge in [-0.15, -0.1) is 11.3 Å². The van der Waals surface area contributed by atoms with E-state index in [-0.39, 0.29) is 18.2 Å². The minimum atomic E-state index is -0.814. The van der Waals surface area contributed by atoms with E-state index < -0.39 is 18.0 Å². The molecule has 2 rings (SSSR count). The first-order chi connectivity index (χ1) is 13.4. The fraction of sp³-hybridized carbons (Fsp3) is 0.588. The maximum Gasteiger partial charge on any atom is 0.241 e. The summed E-state index contributed by atoms with van der Waals surface area (Å²) < 4.78 is 0. The molecule has 0 unspecified atom stereocenters. The number of Topliss-reactive ketones (excluding diaryl/α,β-unsaturated/α-hetero) is 1. The zero-order valence-electron chi connectivity index (χ0n) is 15.8. The SMILES string of the molecule is CN=C(N)NCCC[C@H](NC(=O)CN1CCC[C@H]([NH])C1=O)C(=O)c1nccs1. The van der Waals surface area contributed by atoms with Gasteiger partial charge in [0.1, 0.15) is 6.04 Å². The number of nitrogens with two attached hydrogens (primary N) is 1. The van der Waals surface area contributed by atoms with Gasteiger partial charge in [0.25, 0.3) is 0 Å². The number of carbonyl (C=O) groups is 3. The molecule has 153 valence electrons. The van der Waals surface area contributed by atoms with Crippen LogP contribution >= 0.6 is 11.3 Å². The Morgan fingerprint density at radius 3 is 3.00 bits per heavy atom. The molecule has 1 aromatic rings. The predicted octanol–water partition coefficient (Wildman–Crippen LogP) is -0.601. The summed E-state index contributed by atoms with van der Waals surface area (Å²) in [4.78, 5) is 46.4. The molecule has 0 aliphatic carbocycles. The molecule has 0 bridgehead atoms. The number of aromatic nitrogens is 1. The van der Waals surface area contributed by atoms with Crippen LogP contribution in [-0.4, -0.2) is 72.2 Å². The van der Waals surface area contributed by atoms with Gasteiger partial charge in [0.2, 0.25) is 17.6 Å². The summed E-state index contributed by atoms with van der Waals surface area (Å²) in [5.74, 6) is -0.716. The molecule has 1 aromatic heterocycles. The number of nitrogens with one attached hydrogen (secondary N) is 3. The van der Waals surface area contributed by atoms with E-state index in [0.29, 0.717) is 49.7 Å². The second-order valence-electron chi connectivity index (χ2n) is 6.45. The second kappa shape index (κ2) is 10.7. The van der Waals surface area contributed by atoms with Gasteiger partial charge in [-0.3, -0.25) is 19.4 Å². The number of hydrogen-bond donors (Lipinski definition) is 3. The highest BCUT2D eigenvalue weighted by atomic mass is 32.1. The number of thiazole rings is 1. The van der Waals surface area contributed by atoms with E-state index in [1.54, 1.807) is 12.4 Å². The Labute approximate surface area is 167 Å². The number of guanidine groups is 1. The third kappa shape index (κ3) is 6.27. The average Bonchev–Trinajstić information content (AvgIpc) is 3.21. The topological polar surface area (TPSA) is 154 Å². The number of carbonyl (C=O) groups excluding carboxylic acids is 3. The van der Waals surface area contributed by atoms with E-state index in [9.17, 15) is 14.4 Å². The molecule has 1 fully saturated rings. The van der Waals surface area contributed by atoms with Gasteiger partial charge in [-0.25, -0.2) is 10.7 Å². The highest BCUT2D eigenvalue weighted by Gasteiger charge is 2.29. The minimum Gasteiger partial charge on any atom is -0.370 e. The van der Waals surface area contributed by atoms with Gasteiger partial charge < -0.3 is 21.3 Å². The molecule has 5 N–H and O–H groups in total. The number of nitrogens with zero attached hydrogens (tertiary/aromatic N) is 3. The van der Waals surface area contributed by atoms with Crippen LogP contribution in [0.3, 0.4) is 0 Å². The molecule has 0 saturated carbocycles. The lowest BCUT2D eigenvalue weighted by molar-refractivity contribution is -0.139. The molecule has 2 heterocycles. The summed E-state index contributed by atoms with van der Waals surface area (Å²) in [5, 5.41) is 7.66. The van der Waals surface area contributed by atoms with Crippen LogP contribution in [0.5, 0.6) is 0 Å². The first-order valence-electron chi connectivity index (χ1n) is 9.11. The van der Waals surface area contributed by atoms with E-state index in [0.717, 1.165) is 0 Å². The van der Waals surface area contributed by atoms with E-state index in [4.69, 9.17) is 11.5 Å². The van der Waals surface area contributed by atoms with Gasteiger partial charge in [0.05, 0.1) is 12.6 Å². The van der Waals surface area contributed by atoms with Gasteiger partial charge in [0.15, 0.2) is 11.0 Å². The molecule has 1 aliphatic heterocycles. The zero-order valence-corrected chi connectivity index (χ0v) is 16.6. The summed E-state index contributed by atoms with van der Waals surface area (Å²) in [7, 11) is 1.57. The maximum atomic E-state index is 12.7. The Kier molecular flexibility index (Phi) is 8.33. The Hall–Kier alpha value is -2.53. The molecule has 1 aliphatic rings. The lowest BCUT2D eigenvalue weighted by Crippen LogP contribution is -2.51. The van der Waals surface area contributed by atoms with E-state index >= 15 is 0 Å². The third-order valence-corrected chi connectivity index (χ3v) is 5.16. The van der Waals surface area contributed by atoms with Crippen LogP contribution in [0.1, 0.15) is 35.5 Å². The van der Waals surface area contributed by atoms with Crippen molar-refractivity contribution < 1.29 is 14.4 Å². The van der Waals surface area contributed by atoms with Gasteiger partial charge in [-0.2, -0.15) is 0 Å². The minimum absolute atomic E-state index is 0.149. The fourth-order valence-electron chi connectivity index (χ4n) is 2.88. The zero-order chi connectivity index (χ0) is 20.5. The van der Waals surface area contributed by atoms with Crippen molar-refractivity contribution in [3.05, 3.63) is 16.6 Å². The highest BCUT2D eigenvalue weighted by Crippen LogP contribution is 2.13. The van der Waals surface area contributed by atoms with E-state index in [1.807, 2.05) is 0 Å². The summed E-state index contributed by atoms with van der Waals surface area (Å²) in [6.07, 6.45) is 3.72. The Morgan fingerprint density at radius 2 is 2.32 bits per heavy atom. The average molecular weight is 409 g/mol. The Morgan fingerprint density at radius 1 is 1.54 bits per heavy atom. The predicted molar refractivity (Wildman–Crippen MR) is 106 cm³/mol. The third-order valence-electron chi connectivity index (χ3n) is 4.38.